The number of piperazine rings is 1. The van der Waals surface area contributed by atoms with Crippen LogP contribution in [0, 0.1) is 6.92 Å². The molecule has 0 radical (unpaired) electrons. The van der Waals surface area contributed by atoms with Gasteiger partial charge in [-0.2, -0.15) is 0 Å². The maximum atomic E-state index is 12.7. The summed E-state index contributed by atoms with van der Waals surface area (Å²) in [6.07, 6.45) is 2.24. The lowest BCUT2D eigenvalue weighted by Crippen LogP contribution is -2.47. The third kappa shape index (κ3) is 5.82. The molecule has 11 heteroatoms. The van der Waals surface area contributed by atoms with Crippen molar-refractivity contribution in [1.29, 1.82) is 0 Å². The fraction of sp³-hybridized carbons (Fsp3) is 0.391. The second kappa shape index (κ2) is 11.1. The van der Waals surface area contributed by atoms with Crippen molar-refractivity contribution in [2.24, 2.45) is 0 Å². The number of nitrogens with zero attached hydrogens (tertiary/aromatic N) is 5. The molecule has 0 bridgehead atoms. The minimum absolute atomic E-state index is 0.174. The normalized spacial score (nSPS) is 14.3. The number of amides is 1. The van der Waals surface area contributed by atoms with E-state index in [0.717, 1.165) is 43.4 Å². The highest BCUT2D eigenvalue weighted by Crippen LogP contribution is 2.28. The van der Waals surface area contributed by atoms with Crippen LogP contribution in [-0.4, -0.2) is 70.2 Å². The van der Waals surface area contributed by atoms with E-state index in [0.29, 0.717) is 39.5 Å². The maximum Gasteiger partial charge on any atom is 0.267 e. The lowest BCUT2D eigenvalue weighted by molar-refractivity contribution is 0.103. The Morgan fingerprint density at radius 3 is 2.74 bits per heavy atom. The molecular formula is C23H28ClN7O2S. The summed E-state index contributed by atoms with van der Waals surface area (Å²) in [4.78, 5) is 31.3. The number of aliphatic hydroxyl groups excluding tert-OH is 1. The molecule has 0 aliphatic carbocycles. The van der Waals surface area contributed by atoms with Gasteiger partial charge in [-0.3, -0.25) is 9.69 Å². The van der Waals surface area contributed by atoms with E-state index in [1.807, 2.05) is 32.0 Å². The SMILES string of the molecule is CCc1nc(Nc2ncc(C(=O)Nc3c(C)cccc3Cl)s2)cc(N2CCN(CCO)CC2)n1. The van der Waals surface area contributed by atoms with Gasteiger partial charge in [0, 0.05) is 45.2 Å². The largest absolute Gasteiger partial charge is 0.395 e. The highest BCUT2D eigenvalue weighted by Gasteiger charge is 2.19. The van der Waals surface area contributed by atoms with Crippen molar-refractivity contribution in [2.45, 2.75) is 20.3 Å². The molecule has 0 spiro atoms. The summed E-state index contributed by atoms with van der Waals surface area (Å²) in [5.41, 5.74) is 1.49. The van der Waals surface area contributed by atoms with E-state index in [1.54, 1.807) is 6.07 Å². The van der Waals surface area contributed by atoms with E-state index in [-0.39, 0.29) is 12.5 Å². The van der Waals surface area contributed by atoms with Crippen LogP contribution in [0.5, 0.6) is 0 Å². The van der Waals surface area contributed by atoms with E-state index < -0.39 is 0 Å². The zero-order chi connectivity index (χ0) is 24.1. The van der Waals surface area contributed by atoms with Gasteiger partial charge in [0.1, 0.15) is 22.3 Å². The molecule has 1 aliphatic heterocycles. The van der Waals surface area contributed by atoms with Crippen molar-refractivity contribution in [3.63, 3.8) is 0 Å². The van der Waals surface area contributed by atoms with Crippen LogP contribution in [0.15, 0.2) is 30.5 Å². The fourth-order valence-electron chi connectivity index (χ4n) is 3.72. The standard InChI is InChI=1S/C23H28ClN7O2S/c1-3-18-26-19(13-20(27-18)31-9-7-30(8-10-31)11-12-32)28-23-25-14-17(34-23)22(33)29-21-15(2)5-4-6-16(21)24/h4-6,13-14,32H,3,7-12H2,1-2H3,(H,29,33)(H,25,26,27,28). The Labute approximate surface area is 207 Å². The van der Waals surface area contributed by atoms with E-state index in [2.05, 4.69) is 30.4 Å². The van der Waals surface area contributed by atoms with Crippen LogP contribution in [0.4, 0.5) is 22.5 Å². The number of thiazole rings is 1. The van der Waals surface area contributed by atoms with Crippen LogP contribution in [0.3, 0.4) is 0 Å². The van der Waals surface area contributed by atoms with Gasteiger partial charge in [-0.05, 0) is 18.6 Å². The Balaban J connectivity index is 1.46. The van der Waals surface area contributed by atoms with E-state index >= 15 is 0 Å². The number of carbonyl (C=O) groups is 1. The molecule has 180 valence electrons. The molecular weight excluding hydrogens is 474 g/mol. The van der Waals surface area contributed by atoms with Crippen molar-refractivity contribution in [3.05, 3.63) is 51.7 Å². The number of aryl methyl sites for hydroxylation is 2. The Kier molecular flexibility index (Phi) is 7.94. The minimum Gasteiger partial charge on any atom is -0.395 e. The average Bonchev–Trinajstić information content (AvgIpc) is 3.30. The number of carbonyl (C=O) groups excluding carboxylic acids is 1. The molecule has 0 saturated carbocycles. The number of hydrogen-bond donors (Lipinski definition) is 3. The molecule has 0 atom stereocenters. The molecule has 1 aromatic carbocycles. The molecule has 0 unspecified atom stereocenters. The van der Waals surface area contributed by atoms with Crippen molar-refractivity contribution < 1.29 is 9.90 Å². The van der Waals surface area contributed by atoms with Crippen molar-refractivity contribution in [2.75, 3.05) is 54.9 Å². The number of β-amino-alcohol motifs (C(OH)–C–C–N with tert-alkyl or cyclic N) is 1. The smallest absolute Gasteiger partial charge is 0.267 e. The number of hydrogen-bond acceptors (Lipinski definition) is 9. The summed E-state index contributed by atoms with van der Waals surface area (Å²) < 4.78 is 0. The molecule has 3 aromatic rings. The molecule has 34 heavy (non-hydrogen) atoms. The number of nitrogens with one attached hydrogen (secondary N) is 2. The van der Waals surface area contributed by atoms with Crippen LogP contribution in [0.2, 0.25) is 5.02 Å². The Bertz CT molecular complexity index is 1130. The number of benzene rings is 1. The van der Waals surface area contributed by atoms with Crippen molar-refractivity contribution in [3.8, 4) is 0 Å². The van der Waals surface area contributed by atoms with E-state index in [1.165, 1.54) is 17.5 Å². The monoisotopic (exact) mass is 501 g/mol. The minimum atomic E-state index is -0.264. The topological polar surface area (TPSA) is 107 Å². The zero-order valence-corrected chi connectivity index (χ0v) is 20.8. The number of para-hydroxylation sites is 1. The second-order valence-electron chi connectivity index (χ2n) is 7.97. The lowest BCUT2D eigenvalue weighted by atomic mass is 10.2. The molecule has 3 heterocycles. The lowest BCUT2D eigenvalue weighted by Gasteiger charge is -2.35. The number of aromatic nitrogens is 3. The first-order valence-electron chi connectivity index (χ1n) is 11.2. The van der Waals surface area contributed by atoms with E-state index in [9.17, 15) is 4.79 Å². The predicted octanol–water partition coefficient (Wildman–Crippen LogP) is 3.57. The zero-order valence-electron chi connectivity index (χ0n) is 19.2. The molecule has 4 rings (SSSR count). The quantitative estimate of drug-likeness (QED) is 0.430. The van der Waals surface area contributed by atoms with Gasteiger partial charge in [0.25, 0.3) is 5.91 Å². The summed E-state index contributed by atoms with van der Waals surface area (Å²) in [6.45, 7) is 8.21. The van der Waals surface area contributed by atoms with Crippen LogP contribution in [0.25, 0.3) is 0 Å². The average molecular weight is 502 g/mol. The predicted molar refractivity (Wildman–Crippen MR) is 137 cm³/mol. The second-order valence-corrected chi connectivity index (χ2v) is 9.41. The Hall–Kier alpha value is -2.79. The van der Waals surface area contributed by atoms with Crippen molar-refractivity contribution >= 4 is 51.3 Å². The van der Waals surface area contributed by atoms with Crippen LogP contribution >= 0.6 is 22.9 Å². The number of halogens is 1. The third-order valence-electron chi connectivity index (χ3n) is 5.61. The van der Waals surface area contributed by atoms with Crippen LogP contribution < -0.4 is 15.5 Å². The molecule has 3 N–H and O–H groups in total. The third-order valence-corrected chi connectivity index (χ3v) is 6.84. The van der Waals surface area contributed by atoms with Gasteiger partial charge in [-0.15, -0.1) is 0 Å². The van der Waals surface area contributed by atoms with Crippen LogP contribution in [0.1, 0.15) is 28.0 Å². The summed E-state index contributed by atoms with van der Waals surface area (Å²) >= 11 is 7.48. The number of anilines is 4. The van der Waals surface area contributed by atoms with Gasteiger partial charge in [0.05, 0.1) is 23.5 Å². The first kappa shape index (κ1) is 24.3. The van der Waals surface area contributed by atoms with Gasteiger partial charge >= 0.3 is 0 Å². The van der Waals surface area contributed by atoms with Crippen molar-refractivity contribution in [1.82, 2.24) is 19.9 Å². The maximum absolute atomic E-state index is 12.7. The van der Waals surface area contributed by atoms with Gasteiger partial charge in [-0.1, -0.05) is 42.0 Å². The first-order chi connectivity index (χ1) is 16.5. The van der Waals surface area contributed by atoms with Gasteiger partial charge < -0.3 is 20.6 Å². The molecule has 1 amide bonds. The highest BCUT2D eigenvalue weighted by atomic mass is 35.5. The summed E-state index contributed by atoms with van der Waals surface area (Å²) in [7, 11) is 0. The number of rotatable bonds is 8. The first-order valence-corrected chi connectivity index (χ1v) is 12.4. The molecule has 1 fully saturated rings. The highest BCUT2D eigenvalue weighted by molar-refractivity contribution is 7.17. The van der Waals surface area contributed by atoms with E-state index in [4.69, 9.17) is 21.7 Å². The molecule has 9 nitrogen and oxygen atoms in total. The van der Waals surface area contributed by atoms with Gasteiger partial charge in [0.2, 0.25) is 0 Å². The van der Waals surface area contributed by atoms with Gasteiger partial charge in [0.15, 0.2) is 5.13 Å². The number of aliphatic hydroxyl groups is 1. The molecule has 1 saturated heterocycles. The summed E-state index contributed by atoms with van der Waals surface area (Å²) in [5, 5.41) is 16.3. The summed E-state index contributed by atoms with van der Waals surface area (Å²) in [6, 6.07) is 7.40. The molecule has 2 aromatic heterocycles. The van der Waals surface area contributed by atoms with Crippen LogP contribution in [-0.2, 0) is 6.42 Å². The fourth-order valence-corrected chi connectivity index (χ4v) is 4.71. The summed E-state index contributed by atoms with van der Waals surface area (Å²) in [5.74, 6) is 1.98. The van der Waals surface area contributed by atoms with Gasteiger partial charge in [-0.25, -0.2) is 15.0 Å². The Morgan fingerprint density at radius 2 is 2.03 bits per heavy atom. The molecule has 1 aliphatic rings. The Morgan fingerprint density at radius 1 is 1.24 bits per heavy atom.